The number of aromatic nitrogens is 6. The summed E-state index contributed by atoms with van der Waals surface area (Å²) in [7, 11) is 0. The second kappa shape index (κ2) is 8.12. The molecule has 8 heteroatoms. The highest BCUT2D eigenvalue weighted by Crippen LogP contribution is 2.36. The SMILES string of the molecule is CC1CCCC(n2cnc3cc(-c4nc(Cl)nc5c4ncn5C4CCCCO4)ccc32)C1. The zero-order valence-electron chi connectivity index (χ0n) is 18.2. The van der Waals surface area contributed by atoms with Crippen LogP contribution < -0.4 is 0 Å². The lowest BCUT2D eigenvalue weighted by Gasteiger charge is -2.28. The Morgan fingerprint density at radius 2 is 1.91 bits per heavy atom. The van der Waals surface area contributed by atoms with E-state index in [0.29, 0.717) is 11.7 Å². The summed E-state index contributed by atoms with van der Waals surface area (Å²) in [5.41, 5.74) is 5.28. The molecule has 4 aromatic rings. The molecule has 0 amide bonds. The van der Waals surface area contributed by atoms with E-state index < -0.39 is 0 Å². The van der Waals surface area contributed by atoms with E-state index in [-0.39, 0.29) is 11.5 Å². The maximum Gasteiger partial charge on any atom is 0.225 e. The Morgan fingerprint density at radius 3 is 2.75 bits per heavy atom. The van der Waals surface area contributed by atoms with Crippen molar-refractivity contribution >= 4 is 33.8 Å². The van der Waals surface area contributed by atoms with Crippen LogP contribution in [-0.4, -0.2) is 35.7 Å². The number of fused-ring (bicyclic) bond motifs is 2. The molecule has 3 aromatic heterocycles. The summed E-state index contributed by atoms with van der Waals surface area (Å²) >= 11 is 6.36. The van der Waals surface area contributed by atoms with Gasteiger partial charge in [0.05, 0.1) is 23.7 Å². The molecule has 0 bridgehead atoms. The van der Waals surface area contributed by atoms with Crippen LogP contribution in [0.3, 0.4) is 0 Å². The highest BCUT2D eigenvalue weighted by molar-refractivity contribution is 6.28. The molecule has 1 aromatic carbocycles. The van der Waals surface area contributed by atoms with Gasteiger partial charge < -0.3 is 9.30 Å². The van der Waals surface area contributed by atoms with Crippen LogP contribution >= 0.6 is 11.6 Å². The van der Waals surface area contributed by atoms with Gasteiger partial charge in [0.15, 0.2) is 5.65 Å². The number of rotatable bonds is 3. The third kappa shape index (κ3) is 3.48. The maximum atomic E-state index is 6.36. The van der Waals surface area contributed by atoms with Gasteiger partial charge in [0, 0.05) is 18.2 Å². The molecule has 1 aliphatic carbocycles. The van der Waals surface area contributed by atoms with E-state index >= 15 is 0 Å². The minimum atomic E-state index is -0.0522. The van der Waals surface area contributed by atoms with Crippen molar-refractivity contribution in [3.05, 3.63) is 36.1 Å². The fraction of sp³-hybridized carbons (Fsp3) is 0.500. The summed E-state index contributed by atoms with van der Waals surface area (Å²) in [5.74, 6) is 0.769. The van der Waals surface area contributed by atoms with Gasteiger partial charge in [-0.2, -0.15) is 4.98 Å². The molecule has 1 saturated carbocycles. The van der Waals surface area contributed by atoms with Crippen molar-refractivity contribution < 1.29 is 4.74 Å². The molecule has 32 heavy (non-hydrogen) atoms. The molecule has 0 N–H and O–H groups in total. The second-order valence-electron chi connectivity index (χ2n) is 9.27. The summed E-state index contributed by atoms with van der Waals surface area (Å²) in [6.07, 6.45) is 12.0. The van der Waals surface area contributed by atoms with Gasteiger partial charge in [-0.25, -0.2) is 15.0 Å². The van der Waals surface area contributed by atoms with Crippen LogP contribution in [0.1, 0.15) is 64.1 Å². The lowest BCUT2D eigenvalue weighted by molar-refractivity contribution is -0.0298. The number of halogens is 1. The largest absolute Gasteiger partial charge is 0.358 e. The Kier molecular flexibility index (Phi) is 5.11. The highest BCUT2D eigenvalue weighted by atomic mass is 35.5. The Hall–Kier alpha value is -2.51. The van der Waals surface area contributed by atoms with Gasteiger partial charge >= 0.3 is 0 Å². The van der Waals surface area contributed by atoms with E-state index in [4.69, 9.17) is 21.3 Å². The molecule has 7 nitrogen and oxygen atoms in total. The van der Waals surface area contributed by atoms with Gasteiger partial charge in [0.1, 0.15) is 17.4 Å². The minimum absolute atomic E-state index is 0.0522. The Labute approximate surface area is 191 Å². The number of nitrogens with zero attached hydrogens (tertiary/aromatic N) is 6. The number of hydrogen-bond donors (Lipinski definition) is 0. The van der Waals surface area contributed by atoms with Gasteiger partial charge in [-0.1, -0.05) is 25.8 Å². The van der Waals surface area contributed by atoms with E-state index in [9.17, 15) is 0 Å². The summed E-state index contributed by atoms with van der Waals surface area (Å²) < 4.78 is 10.3. The first-order chi connectivity index (χ1) is 15.7. The standard InChI is InChI=1S/C24H27ClN6O/c1-15-5-4-6-17(11-15)30-13-26-18-12-16(8-9-19(18)30)21-22-23(29-24(25)28-21)31(14-27-22)20-7-2-3-10-32-20/h8-9,12-15,17,20H,2-7,10-11H2,1H3. The lowest BCUT2D eigenvalue weighted by Crippen LogP contribution is -2.17. The summed E-state index contributed by atoms with van der Waals surface area (Å²) in [6, 6.07) is 6.87. The Morgan fingerprint density at radius 1 is 1.00 bits per heavy atom. The second-order valence-corrected chi connectivity index (χ2v) is 9.61. The van der Waals surface area contributed by atoms with Crippen molar-refractivity contribution in [1.29, 1.82) is 0 Å². The predicted molar refractivity (Wildman–Crippen MR) is 125 cm³/mol. The van der Waals surface area contributed by atoms with Crippen molar-refractivity contribution in [1.82, 2.24) is 29.1 Å². The Bertz CT molecular complexity index is 1270. The molecule has 2 fully saturated rings. The third-order valence-corrected chi connectivity index (χ3v) is 7.18. The number of benzene rings is 1. The van der Waals surface area contributed by atoms with Crippen LogP contribution in [0.15, 0.2) is 30.9 Å². The van der Waals surface area contributed by atoms with Crippen molar-refractivity contribution in [3.63, 3.8) is 0 Å². The molecular weight excluding hydrogens is 424 g/mol. The van der Waals surface area contributed by atoms with Gasteiger partial charge in [-0.3, -0.25) is 4.57 Å². The quantitative estimate of drug-likeness (QED) is 0.361. The minimum Gasteiger partial charge on any atom is -0.358 e. The molecule has 1 aliphatic heterocycles. The normalized spacial score (nSPS) is 24.4. The third-order valence-electron chi connectivity index (χ3n) is 7.01. The molecule has 3 unspecified atom stereocenters. The number of ether oxygens (including phenoxy) is 1. The fourth-order valence-electron chi connectivity index (χ4n) is 5.37. The van der Waals surface area contributed by atoms with E-state index in [1.54, 1.807) is 6.33 Å². The smallest absolute Gasteiger partial charge is 0.225 e. The first kappa shape index (κ1) is 20.1. The summed E-state index contributed by atoms with van der Waals surface area (Å²) in [5, 5.41) is 0.215. The monoisotopic (exact) mass is 450 g/mol. The van der Waals surface area contributed by atoms with Crippen LogP contribution in [0.25, 0.3) is 33.5 Å². The zero-order chi connectivity index (χ0) is 21.7. The molecule has 166 valence electrons. The van der Waals surface area contributed by atoms with E-state index in [0.717, 1.165) is 54.1 Å². The molecule has 2 aliphatic rings. The lowest BCUT2D eigenvalue weighted by atomic mass is 9.87. The Balaban J connectivity index is 1.40. The van der Waals surface area contributed by atoms with Gasteiger partial charge in [-0.05, 0) is 61.8 Å². The van der Waals surface area contributed by atoms with Crippen LogP contribution in [0, 0.1) is 5.92 Å². The topological polar surface area (TPSA) is 70.7 Å². The van der Waals surface area contributed by atoms with Gasteiger partial charge in [0.25, 0.3) is 0 Å². The first-order valence-electron chi connectivity index (χ1n) is 11.7. The highest BCUT2D eigenvalue weighted by Gasteiger charge is 2.24. The van der Waals surface area contributed by atoms with Crippen LogP contribution in [0.5, 0.6) is 0 Å². The molecular formula is C24H27ClN6O. The summed E-state index contributed by atoms with van der Waals surface area (Å²) in [6.45, 7) is 3.11. The molecule has 4 heterocycles. The van der Waals surface area contributed by atoms with Crippen molar-refractivity contribution in [2.45, 2.75) is 64.1 Å². The van der Waals surface area contributed by atoms with Crippen molar-refractivity contribution in [3.8, 4) is 11.3 Å². The van der Waals surface area contributed by atoms with Crippen molar-refractivity contribution in [2.75, 3.05) is 6.61 Å². The first-order valence-corrected chi connectivity index (χ1v) is 12.0. The van der Waals surface area contributed by atoms with Crippen LogP contribution in [-0.2, 0) is 4.74 Å². The van der Waals surface area contributed by atoms with Crippen LogP contribution in [0.4, 0.5) is 0 Å². The zero-order valence-corrected chi connectivity index (χ0v) is 19.0. The van der Waals surface area contributed by atoms with Gasteiger partial charge in [-0.15, -0.1) is 0 Å². The van der Waals surface area contributed by atoms with E-state index in [1.807, 2.05) is 10.9 Å². The maximum absolute atomic E-state index is 6.36. The average molecular weight is 451 g/mol. The average Bonchev–Trinajstić information content (AvgIpc) is 3.43. The molecule has 6 rings (SSSR count). The fourth-order valence-corrected chi connectivity index (χ4v) is 5.53. The summed E-state index contributed by atoms with van der Waals surface area (Å²) in [4.78, 5) is 18.4. The number of hydrogen-bond acceptors (Lipinski definition) is 5. The molecule has 0 radical (unpaired) electrons. The number of imidazole rings is 2. The molecule has 1 saturated heterocycles. The van der Waals surface area contributed by atoms with Gasteiger partial charge in [0.2, 0.25) is 5.28 Å². The van der Waals surface area contributed by atoms with E-state index in [1.165, 1.54) is 31.2 Å². The van der Waals surface area contributed by atoms with Crippen LogP contribution in [0.2, 0.25) is 5.28 Å². The molecule has 0 spiro atoms. The molecule has 3 atom stereocenters. The van der Waals surface area contributed by atoms with E-state index in [2.05, 4.69) is 44.6 Å². The predicted octanol–water partition coefficient (Wildman–Crippen LogP) is 5.95. The van der Waals surface area contributed by atoms with Crippen molar-refractivity contribution in [2.24, 2.45) is 5.92 Å².